The fraction of sp³-hybridized carbons (Fsp3) is 0.923. The number of allylic oxidation sites excluding steroid dienone is 1. The first-order chi connectivity index (χ1) is 12.7. The highest BCUT2D eigenvalue weighted by Gasteiger charge is 2.58. The monoisotopic (exact) mass is 388 g/mol. The molecule has 4 saturated carbocycles. The molecule has 0 saturated heterocycles. The van der Waals surface area contributed by atoms with Crippen LogP contribution in [0.5, 0.6) is 0 Å². The molecule has 0 aromatic carbocycles. The van der Waals surface area contributed by atoms with Gasteiger partial charge in [0.05, 0.1) is 0 Å². The highest BCUT2D eigenvalue weighted by Crippen LogP contribution is 2.67. The molecule has 0 nitrogen and oxygen atoms in total. The zero-order valence-electron chi connectivity index (χ0n) is 18.7. The molecule has 0 aliphatic heterocycles. The van der Waals surface area contributed by atoms with Crippen molar-refractivity contribution in [2.45, 2.75) is 98.3 Å². The maximum absolute atomic E-state index is 4.52. The molecule has 27 heavy (non-hydrogen) atoms. The molecule has 0 heterocycles. The zero-order chi connectivity index (χ0) is 19.4. The molecule has 0 aromatic rings. The lowest BCUT2D eigenvalue weighted by Gasteiger charge is -2.63. The molecule has 0 radical (unpaired) electrons. The summed E-state index contributed by atoms with van der Waals surface area (Å²) in [6.45, 7) is 15.0. The summed E-state index contributed by atoms with van der Waals surface area (Å²) in [5.74, 6) is 4.77. The van der Waals surface area contributed by atoms with E-state index < -0.39 is 0 Å². The van der Waals surface area contributed by atoms with Crippen LogP contribution in [0, 0.1) is 45.8 Å². The van der Waals surface area contributed by atoms with Crippen LogP contribution in [-0.2, 0) is 0 Å². The summed E-state index contributed by atoms with van der Waals surface area (Å²) in [5, 5.41) is 0. The third-order valence-electron chi connectivity index (χ3n) is 10.6. The van der Waals surface area contributed by atoms with E-state index in [1.807, 2.05) is 0 Å². The van der Waals surface area contributed by atoms with Crippen LogP contribution in [0.25, 0.3) is 0 Å². The average molecular weight is 389 g/mol. The number of rotatable bonds is 2. The zero-order valence-corrected chi connectivity index (χ0v) is 19.8. The van der Waals surface area contributed by atoms with E-state index in [-0.39, 0.29) is 0 Å². The topological polar surface area (TPSA) is 0 Å². The molecule has 4 rings (SSSR count). The maximum atomic E-state index is 4.52. The van der Waals surface area contributed by atoms with E-state index >= 15 is 0 Å². The van der Waals surface area contributed by atoms with Crippen molar-refractivity contribution in [2.24, 2.45) is 45.8 Å². The van der Waals surface area contributed by atoms with E-state index in [0.29, 0.717) is 16.2 Å². The Kier molecular flexibility index (Phi) is 5.41. The summed E-state index contributed by atoms with van der Waals surface area (Å²) in [6.07, 6.45) is 17.4. The lowest BCUT2D eigenvalue weighted by Crippen LogP contribution is -2.55. The third-order valence-corrected chi connectivity index (χ3v) is 11.1. The number of hydrogen-bond donors (Lipinski definition) is 0. The Morgan fingerprint density at radius 1 is 0.815 bits per heavy atom. The fourth-order valence-corrected chi connectivity index (χ4v) is 8.99. The quantitative estimate of drug-likeness (QED) is 0.333. The average Bonchev–Trinajstić information content (AvgIpc) is 2.76. The van der Waals surface area contributed by atoms with Gasteiger partial charge < -0.3 is 0 Å². The summed E-state index contributed by atoms with van der Waals surface area (Å²) in [6, 6.07) is 0. The van der Waals surface area contributed by atoms with Gasteiger partial charge in [-0.2, -0.15) is 0 Å². The van der Waals surface area contributed by atoms with Gasteiger partial charge in [-0.15, -0.1) is 9.24 Å². The van der Waals surface area contributed by atoms with Crippen molar-refractivity contribution in [1.82, 2.24) is 0 Å². The molecule has 0 bridgehead atoms. The van der Waals surface area contributed by atoms with Crippen molar-refractivity contribution >= 4 is 9.24 Å². The first kappa shape index (κ1) is 20.4. The molecule has 0 N–H and O–H groups in total. The largest absolute Gasteiger partial charge is 0.133 e. The highest BCUT2D eigenvalue weighted by atomic mass is 31.0. The van der Waals surface area contributed by atoms with Gasteiger partial charge in [0.15, 0.2) is 0 Å². The highest BCUT2D eigenvalue weighted by molar-refractivity contribution is 7.16. The van der Waals surface area contributed by atoms with E-state index in [0.717, 1.165) is 35.8 Å². The van der Waals surface area contributed by atoms with Gasteiger partial charge in [-0.25, -0.2) is 0 Å². The van der Waals surface area contributed by atoms with Crippen LogP contribution in [0.15, 0.2) is 12.2 Å². The van der Waals surface area contributed by atoms with Crippen LogP contribution in [0.1, 0.15) is 98.3 Å². The maximum Gasteiger partial charge on any atom is -0.0146 e. The Morgan fingerprint density at radius 3 is 2.30 bits per heavy atom. The van der Waals surface area contributed by atoms with E-state index in [2.05, 4.69) is 43.5 Å². The van der Waals surface area contributed by atoms with Crippen molar-refractivity contribution < 1.29 is 0 Å². The van der Waals surface area contributed by atoms with Crippen LogP contribution < -0.4 is 0 Å². The molecule has 8 unspecified atom stereocenters. The predicted octanol–water partition coefficient (Wildman–Crippen LogP) is 7.88. The van der Waals surface area contributed by atoms with Crippen molar-refractivity contribution in [3.05, 3.63) is 12.2 Å². The standard InChI is InChI=1S/C26H45P/c1-18(17-27)21-7-6-8-22-20-10-9-19-11-13-24(2,3)15-16-25(19,4)23(20)12-14-26(21,22)5/h19-23H,1,6-17,27H2,2-5H3. The van der Waals surface area contributed by atoms with Gasteiger partial charge in [0.2, 0.25) is 0 Å². The van der Waals surface area contributed by atoms with Gasteiger partial charge in [-0.05, 0) is 116 Å². The third kappa shape index (κ3) is 3.29. The molecular weight excluding hydrogens is 343 g/mol. The first-order valence-corrected chi connectivity index (χ1v) is 12.9. The van der Waals surface area contributed by atoms with Crippen molar-refractivity contribution in [2.75, 3.05) is 6.16 Å². The first-order valence-electron chi connectivity index (χ1n) is 12.1. The molecule has 4 aliphatic rings. The molecular formula is C26H45P. The Labute approximate surface area is 171 Å². The lowest BCUT2D eigenvalue weighted by atomic mass is 9.42. The second-order valence-corrected chi connectivity index (χ2v) is 12.7. The fourth-order valence-electron chi connectivity index (χ4n) is 8.70. The van der Waals surface area contributed by atoms with Crippen LogP contribution in [0.4, 0.5) is 0 Å². The summed E-state index contributed by atoms with van der Waals surface area (Å²) < 4.78 is 0. The van der Waals surface area contributed by atoms with E-state index in [1.165, 1.54) is 76.2 Å². The number of fused-ring (bicyclic) bond motifs is 5. The summed E-state index contributed by atoms with van der Waals surface area (Å²) in [4.78, 5) is 0. The second kappa shape index (κ2) is 7.15. The summed E-state index contributed by atoms with van der Waals surface area (Å²) in [5.41, 5.74) is 3.27. The van der Waals surface area contributed by atoms with E-state index in [9.17, 15) is 0 Å². The molecule has 4 fully saturated rings. The molecule has 4 aliphatic carbocycles. The Bertz CT molecular complexity index is 577. The Balaban J connectivity index is 1.62. The van der Waals surface area contributed by atoms with E-state index in [1.54, 1.807) is 0 Å². The molecule has 0 spiro atoms. The molecule has 8 atom stereocenters. The van der Waals surface area contributed by atoms with Crippen molar-refractivity contribution in [3.63, 3.8) is 0 Å². The molecule has 0 aromatic heterocycles. The van der Waals surface area contributed by atoms with Gasteiger partial charge in [0, 0.05) is 0 Å². The lowest BCUT2D eigenvalue weighted by molar-refractivity contribution is -0.126. The van der Waals surface area contributed by atoms with Gasteiger partial charge >= 0.3 is 0 Å². The normalized spacial score (nSPS) is 49.3. The number of hydrogen-bond acceptors (Lipinski definition) is 0. The van der Waals surface area contributed by atoms with Crippen molar-refractivity contribution in [3.8, 4) is 0 Å². The van der Waals surface area contributed by atoms with Crippen LogP contribution >= 0.6 is 9.24 Å². The van der Waals surface area contributed by atoms with Gasteiger partial charge in [-0.3, -0.25) is 0 Å². The molecule has 1 heteroatoms. The van der Waals surface area contributed by atoms with Gasteiger partial charge in [-0.1, -0.05) is 46.3 Å². The van der Waals surface area contributed by atoms with Crippen LogP contribution in [0.2, 0.25) is 0 Å². The van der Waals surface area contributed by atoms with Gasteiger partial charge in [0.1, 0.15) is 0 Å². The Morgan fingerprint density at radius 2 is 1.56 bits per heavy atom. The van der Waals surface area contributed by atoms with Crippen molar-refractivity contribution in [1.29, 1.82) is 0 Å². The SMILES string of the molecule is C=C(CP)C1CCCC2C3CCC4CCC(C)(C)CCC4(C)C3CCC12C. The van der Waals surface area contributed by atoms with Gasteiger partial charge in [0.25, 0.3) is 0 Å². The molecule has 154 valence electrons. The Hall–Kier alpha value is 0.170. The minimum atomic E-state index is 0.542. The summed E-state index contributed by atoms with van der Waals surface area (Å²) >= 11 is 0. The van der Waals surface area contributed by atoms with E-state index in [4.69, 9.17) is 0 Å². The van der Waals surface area contributed by atoms with Crippen LogP contribution in [-0.4, -0.2) is 6.16 Å². The van der Waals surface area contributed by atoms with Crippen LogP contribution in [0.3, 0.4) is 0 Å². The minimum absolute atomic E-state index is 0.542. The summed E-state index contributed by atoms with van der Waals surface area (Å²) in [7, 11) is 2.96. The minimum Gasteiger partial charge on any atom is -0.133 e. The second-order valence-electron chi connectivity index (χ2n) is 12.3. The smallest absolute Gasteiger partial charge is 0.0146 e. The molecule has 0 amide bonds. The predicted molar refractivity (Wildman–Crippen MR) is 122 cm³/mol.